The zero-order valence-corrected chi connectivity index (χ0v) is 9.87. The Labute approximate surface area is 102 Å². The molecule has 0 saturated heterocycles. The van der Waals surface area contributed by atoms with Gasteiger partial charge in [0, 0.05) is 0 Å². The summed E-state index contributed by atoms with van der Waals surface area (Å²) >= 11 is 10.1. The lowest BCUT2D eigenvalue weighted by molar-refractivity contribution is 0.0681. The minimum absolute atomic E-state index is 0.0833. The molecule has 0 amide bonds. The fourth-order valence-corrected chi connectivity index (χ4v) is 0.755. The van der Waals surface area contributed by atoms with Crippen molar-refractivity contribution in [1.29, 1.82) is 0 Å². The molecule has 0 radical (unpaired) electrons. The summed E-state index contributed by atoms with van der Waals surface area (Å²) in [5.74, 6) is -2.13. The fourth-order valence-electron chi connectivity index (χ4n) is 0.755. The van der Waals surface area contributed by atoms with E-state index < -0.39 is 11.9 Å². The molecule has 6 heteroatoms. The van der Waals surface area contributed by atoms with E-state index in [0.29, 0.717) is 0 Å². The molecule has 2 N–H and O–H groups in total. The minimum atomic E-state index is -1.06. The molecule has 0 aliphatic carbocycles. The van der Waals surface area contributed by atoms with Crippen molar-refractivity contribution in [2.45, 2.75) is 11.8 Å². The highest BCUT2D eigenvalue weighted by Gasteiger charge is 2.04. The van der Waals surface area contributed by atoms with Crippen molar-refractivity contribution in [2.24, 2.45) is 0 Å². The Balaban J connectivity index is 0.000000487. The Bertz CT molecular complexity index is 324. The van der Waals surface area contributed by atoms with E-state index in [4.69, 9.17) is 33.4 Å². The molecular weight excluding hydrogens is 255 g/mol. The summed E-state index contributed by atoms with van der Waals surface area (Å²) in [6.07, 6.45) is 0. The maximum absolute atomic E-state index is 10.3. The molecule has 1 aromatic carbocycles. The third kappa shape index (κ3) is 6.27. The SMILES string of the molecule is CC(Cl)Cl.O=C(O)c1ccc(C(=O)O)cc1. The van der Waals surface area contributed by atoms with Crippen LogP contribution in [0, 0.1) is 0 Å². The number of hydrogen-bond donors (Lipinski definition) is 2. The zero-order valence-electron chi connectivity index (χ0n) is 8.35. The van der Waals surface area contributed by atoms with Crippen LogP contribution in [0.1, 0.15) is 27.6 Å². The summed E-state index contributed by atoms with van der Waals surface area (Å²) in [5, 5.41) is 16.9. The van der Waals surface area contributed by atoms with Crippen LogP contribution in [0.25, 0.3) is 0 Å². The quantitative estimate of drug-likeness (QED) is 0.806. The number of carboxylic acids is 2. The molecule has 1 rings (SSSR count). The van der Waals surface area contributed by atoms with Gasteiger partial charge in [0.25, 0.3) is 0 Å². The van der Waals surface area contributed by atoms with Crippen LogP contribution < -0.4 is 0 Å². The van der Waals surface area contributed by atoms with Gasteiger partial charge in [-0.2, -0.15) is 0 Å². The normalized spacial score (nSPS) is 9.25. The van der Waals surface area contributed by atoms with Gasteiger partial charge in [0.05, 0.1) is 11.1 Å². The van der Waals surface area contributed by atoms with Gasteiger partial charge in [-0.3, -0.25) is 0 Å². The third-order valence-electron chi connectivity index (χ3n) is 1.38. The maximum atomic E-state index is 10.3. The Morgan fingerprint density at radius 2 is 1.19 bits per heavy atom. The van der Waals surface area contributed by atoms with Gasteiger partial charge in [-0.1, -0.05) is 0 Å². The summed E-state index contributed by atoms with van der Waals surface area (Å²) in [7, 11) is 0. The molecule has 0 fully saturated rings. The first-order chi connectivity index (χ1) is 7.34. The average Bonchev–Trinajstić information content (AvgIpc) is 2.17. The van der Waals surface area contributed by atoms with Crippen molar-refractivity contribution in [3.8, 4) is 0 Å². The van der Waals surface area contributed by atoms with E-state index in [-0.39, 0.29) is 16.0 Å². The Kier molecular flexibility index (Phi) is 6.53. The summed E-state index contributed by atoms with van der Waals surface area (Å²) in [5.41, 5.74) is 0.167. The number of aromatic carboxylic acids is 2. The summed E-state index contributed by atoms with van der Waals surface area (Å²) in [6.45, 7) is 1.70. The van der Waals surface area contributed by atoms with Gasteiger partial charge in [0.1, 0.15) is 4.84 Å². The second-order valence-corrected chi connectivity index (χ2v) is 4.24. The van der Waals surface area contributed by atoms with Gasteiger partial charge >= 0.3 is 11.9 Å². The van der Waals surface area contributed by atoms with Crippen LogP contribution in [-0.4, -0.2) is 27.0 Å². The van der Waals surface area contributed by atoms with Crippen molar-refractivity contribution in [3.63, 3.8) is 0 Å². The Morgan fingerprint density at radius 3 is 1.31 bits per heavy atom. The number of rotatable bonds is 2. The number of carboxylic acid groups (broad SMARTS) is 2. The first-order valence-corrected chi connectivity index (χ1v) is 5.06. The molecule has 16 heavy (non-hydrogen) atoms. The summed E-state index contributed by atoms with van der Waals surface area (Å²) < 4.78 is 0. The van der Waals surface area contributed by atoms with E-state index in [0.717, 1.165) is 0 Å². The van der Waals surface area contributed by atoms with Crippen LogP contribution in [0.5, 0.6) is 0 Å². The molecule has 0 saturated carbocycles. The van der Waals surface area contributed by atoms with E-state index in [9.17, 15) is 9.59 Å². The lowest BCUT2D eigenvalue weighted by atomic mass is 10.1. The first-order valence-electron chi connectivity index (χ1n) is 4.19. The lowest BCUT2D eigenvalue weighted by Gasteiger charge is -1.94. The van der Waals surface area contributed by atoms with Gasteiger partial charge in [-0.05, 0) is 31.2 Å². The molecule has 0 unspecified atom stereocenters. The summed E-state index contributed by atoms with van der Waals surface area (Å²) in [4.78, 5) is 20.4. The molecule has 88 valence electrons. The highest BCUT2D eigenvalue weighted by atomic mass is 35.5. The monoisotopic (exact) mass is 264 g/mol. The van der Waals surface area contributed by atoms with Crippen molar-refractivity contribution in [3.05, 3.63) is 35.4 Å². The van der Waals surface area contributed by atoms with Crippen LogP contribution in [0.4, 0.5) is 0 Å². The van der Waals surface area contributed by atoms with E-state index in [1.54, 1.807) is 6.92 Å². The Hall–Kier alpha value is -1.26. The van der Waals surface area contributed by atoms with Gasteiger partial charge in [0.2, 0.25) is 0 Å². The lowest BCUT2D eigenvalue weighted by Crippen LogP contribution is -1.99. The van der Waals surface area contributed by atoms with Gasteiger partial charge in [-0.15, -0.1) is 23.2 Å². The largest absolute Gasteiger partial charge is 0.478 e. The van der Waals surface area contributed by atoms with Crippen molar-refractivity contribution >= 4 is 35.1 Å². The molecule has 1 aromatic rings. The Morgan fingerprint density at radius 1 is 1.00 bits per heavy atom. The van der Waals surface area contributed by atoms with E-state index in [1.807, 2.05) is 0 Å². The molecule has 4 nitrogen and oxygen atoms in total. The number of carbonyl (C=O) groups is 2. The standard InChI is InChI=1S/C8H6O4.C2H4Cl2/c9-7(10)5-1-2-6(4-3-5)8(11)12;1-2(3)4/h1-4H,(H,9,10)(H,11,12);2H,1H3. The first kappa shape index (κ1) is 14.7. The van der Waals surface area contributed by atoms with Crippen LogP contribution in [0.15, 0.2) is 24.3 Å². The predicted octanol–water partition coefficient (Wildman–Crippen LogP) is 2.89. The van der Waals surface area contributed by atoms with Crippen molar-refractivity contribution < 1.29 is 19.8 Å². The number of hydrogen-bond acceptors (Lipinski definition) is 2. The molecule has 0 spiro atoms. The number of halogens is 2. The van der Waals surface area contributed by atoms with Crippen LogP contribution >= 0.6 is 23.2 Å². The molecule has 0 heterocycles. The van der Waals surface area contributed by atoms with E-state index in [1.165, 1.54) is 24.3 Å². The maximum Gasteiger partial charge on any atom is 0.335 e. The molecular formula is C10H10Cl2O4. The van der Waals surface area contributed by atoms with Gasteiger partial charge in [-0.25, -0.2) is 9.59 Å². The fraction of sp³-hybridized carbons (Fsp3) is 0.200. The molecule has 0 aliphatic rings. The zero-order chi connectivity index (χ0) is 12.7. The van der Waals surface area contributed by atoms with Gasteiger partial charge in [0.15, 0.2) is 0 Å². The number of alkyl halides is 2. The van der Waals surface area contributed by atoms with Gasteiger partial charge < -0.3 is 10.2 Å². The topological polar surface area (TPSA) is 74.6 Å². The minimum Gasteiger partial charge on any atom is -0.478 e. The van der Waals surface area contributed by atoms with E-state index in [2.05, 4.69) is 0 Å². The second-order valence-electron chi connectivity index (χ2n) is 2.71. The smallest absolute Gasteiger partial charge is 0.335 e. The highest BCUT2D eigenvalue weighted by molar-refractivity contribution is 6.43. The molecule has 0 aromatic heterocycles. The van der Waals surface area contributed by atoms with Crippen molar-refractivity contribution in [1.82, 2.24) is 0 Å². The number of benzene rings is 1. The predicted molar refractivity (Wildman–Crippen MR) is 61.5 cm³/mol. The van der Waals surface area contributed by atoms with Crippen molar-refractivity contribution in [2.75, 3.05) is 0 Å². The van der Waals surface area contributed by atoms with Crippen LogP contribution in [0.3, 0.4) is 0 Å². The van der Waals surface area contributed by atoms with E-state index >= 15 is 0 Å². The molecule has 0 aliphatic heterocycles. The molecule has 0 atom stereocenters. The third-order valence-corrected chi connectivity index (χ3v) is 1.38. The summed E-state index contributed by atoms with van der Waals surface area (Å²) in [6, 6.07) is 5.02. The second kappa shape index (κ2) is 7.09. The van der Waals surface area contributed by atoms with Crippen LogP contribution in [0.2, 0.25) is 0 Å². The van der Waals surface area contributed by atoms with Crippen LogP contribution in [-0.2, 0) is 0 Å². The average molecular weight is 265 g/mol. The molecule has 0 bridgehead atoms. The highest BCUT2D eigenvalue weighted by Crippen LogP contribution is 2.03.